The maximum absolute atomic E-state index is 12.6. The van der Waals surface area contributed by atoms with Crippen molar-refractivity contribution in [3.8, 4) is 0 Å². The number of carbonyl (C=O) groups excluding carboxylic acids is 2. The molecule has 7 nitrogen and oxygen atoms in total. The SMILES string of the molecule is O=C(Nc1nccs1)C1CN(C(=O)c2cncnc2C2CC2)C1. The van der Waals surface area contributed by atoms with Gasteiger partial charge in [0.1, 0.15) is 6.33 Å². The van der Waals surface area contributed by atoms with E-state index in [-0.39, 0.29) is 17.7 Å². The van der Waals surface area contributed by atoms with Crippen molar-refractivity contribution in [3.63, 3.8) is 0 Å². The van der Waals surface area contributed by atoms with Gasteiger partial charge in [0.15, 0.2) is 5.13 Å². The smallest absolute Gasteiger partial charge is 0.257 e. The van der Waals surface area contributed by atoms with E-state index in [1.54, 1.807) is 22.7 Å². The molecule has 0 atom stereocenters. The summed E-state index contributed by atoms with van der Waals surface area (Å²) in [5.41, 5.74) is 1.43. The number of nitrogens with zero attached hydrogens (tertiary/aromatic N) is 4. The molecule has 2 aromatic heterocycles. The molecule has 0 radical (unpaired) electrons. The molecule has 0 unspecified atom stereocenters. The highest BCUT2D eigenvalue weighted by atomic mass is 32.1. The van der Waals surface area contributed by atoms with E-state index in [2.05, 4.69) is 20.3 Å². The van der Waals surface area contributed by atoms with E-state index in [9.17, 15) is 9.59 Å². The average molecular weight is 329 g/mol. The summed E-state index contributed by atoms with van der Waals surface area (Å²) in [6, 6.07) is 0. The summed E-state index contributed by atoms with van der Waals surface area (Å²) in [6.07, 6.45) is 6.88. The highest BCUT2D eigenvalue weighted by Gasteiger charge is 2.38. The minimum Gasteiger partial charge on any atom is -0.337 e. The van der Waals surface area contributed by atoms with Gasteiger partial charge in [0.25, 0.3) is 5.91 Å². The quantitative estimate of drug-likeness (QED) is 0.919. The van der Waals surface area contributed by atoms with Gasteiger partial charge in [-0.15, -0.1) is 11.3 Å². The van der Waals surface area contributed by atoms with Crippen molar-refractivity contribution in [1.82, 2.24) is 19.9 Å². The zero-order chi connectivity index (χ0) is 15.8. The Bertz CT molecular complexity index is 738. The van der Waals surface area contributed by atoms with Crippen molar-refractivity contribution < 1.29 is 9.59 Å². The van der Waals surface area contributed by atoms with Crippen molar-refractivity contribution in [1.29, 1.82) is 0 Å². The van der Waals surface area contributed by atoms with Crippen LogP contribution >= 0.6 is 11.3 Å². The van der Waals surface area contributed by atoms with Crippen LogP contribution in [0.3, 0.4) is 0 Å². The number of anilines is 1. The Morgan fingerprint density at radius 3 is 2.78 bits per heavy atom. The number of aromatic nitrogens is 3. The number of hydrogen-bond donors (Lipinski definition) is 1. The van der Waals surface area contributed by atoms with Crippen LogP contribution in [0, 0.1) is 5.92 Å². The number of hydrogen-bond acceptors (Lipinski definition) is 6. The van der Waals surface area contributed by atoms with Crippen LogP contribution in [0.25, 0.3) is 0 Å². The second-order valence-electron chi connectivity index (χ2n) is 5.83. The van der Waals surface area contributed by atoms with E-state index in [1.165, 1.54) is 17.7 Å². The molecule has 2 aliphatic rings. The van der Waals surface area contributed by atoms with Gasteiger partial charge >= 0.3 is 0 Å². The summed E-state index contributed by atoms with van der Waals surface area (Å²) in [4.78, 5) is 38.6. The first-order chi connectivity index (χ1) is 11.2. The van der Waals surface area contributed by atoms with E-state index >= 15 is 0 Å². The Morgan fingerprint density at radius 2 is 2.09 bits per heavy atom. The van der Waals surface area contributed by atoms with Gasteiger partial charge in [0.05, 0.1) is 17.2 Å². The maximum Gasteiger partial charge on any atom is 0.257 e. The molecule has 2 fully saturated rings. The van der Waals surface area contributed by atoms with Crippen LogP contribution in [0.15, 0.2) is 24.1 Å². The minimum absolute atomic E-state index is 0.0780. The van der Waals surface area contributed by atoms with Gasteiger partial charge in [-0.05, 0) is 12.8 Å². The predicted octanol–water partition coefficient (Wildman–Crippen LogP) is 1.52. The van der Waals surface area contributed by atoms with Gasteiger partial charge in [-0.1, -0.05) is 0 Å². The molecule has 1 saturated heterocycles. The number of amides is 2. The fourth-order valence-electron chi connectivity index (χ4n) is 2.66. The summed E-state index contributed by atoms with van der Waals surface area (Å²) in [7, 11) is 0. The van der Waals surface area contributed by atoms with Gasteiger partial charge in [-0.25, -0.2) is 15.0 Å². The van der Waals surface area contributed by atoms with Gasteiger partial charge in [-0.3, -0.25) is 9.59 Å². The largest absolute Gasteiger partial charge is 0.337 e. The lowest BCUT2D eigenvalue weighted by molar-refractivity contribution is -0.123. The van der Waals surface area contributed by atoms with Gasteiger partial charge in [-0.2, -0.15) is 0 Å². The number of likely N-dealkylation sites (tertiary alicyclic amines) is 1. The number of thiazole rings is 1. The molecule has 1 aliphatic heterocycles. The minimum atomic E-state index is -0.183. The van der Waals surface area contributed by atoms with Crippen LogP contribution in [-0.2, 0) is 4.79 Å². The molecule has 3 heterocycles. The van der Waals surface area contributed by atoms with Crippen LogP contribution in [0.5, 0.6) is 0 Å². The Morgan fingerprint density at radius 1 is 1.26 bits per heavy atom. The van der Waals surface area contributed by atoms with Gasteiger partial charge in [0.2, 0.25) is 5.91 Å². The third-order valence-corrected chi connectivity index (χ3v) is 4.83. The van der Waals surface area contributed by atoms with Crippen molar-refractivity contribution >= 4 is 28.3 Å². The third kappa shape index (κ3) is 2.81. The normalized spacial score (nSPS) is 17.7. The van der Waals surface area contributed by atoms with Crippen LogP contribution < -0.4 is 5.32 Å². The van der Waals surface area contributed by atoms with E-state index in [4.69, 9.17) is 0 Å². The van der Waals surface area contributed by atoms with Crippen LogP contribution in [0.4, 0.5) is 5.13 Å². The Labute approximate surface area is 136 Å². The molecule has 23 heavy (non-hydrogen) atoms. The highest BCUT2D eigenvalue weighted by molar-refractivity contribution is 7.13. The van der Waals surface area contributed by atoms with Crippen molar-refractivity contribution in [2.75, 3.05) is 18.4 Å². The molecule has 0 aromatic carbocycles. The molecule has 8 heteroatoms. The lowest BCUT2D eigenvalue weighted by Crippen LogP contribution is -2.54. The molecule has 1 aliphatic carbocycles. The summed E-state index contributed by atoms with van der Waals surface area (Å²) >= 11 is 1.38. The molecule has 2 aromatic rings. The molecule has 4 rings (SSSR count). The molecule has 0 spiro atoms. The standard InChI is InChI=1S/C15H15N5O2S/c21-13(19-15-17-3-4-23-15)10-6-20(7-10)14(22)11-5-16-8-18-12(11)9-1-2-9/h3-5,8-10H,1-2,6-7H2,(H,17,19,21). The zero-order valence-electron chi connectivity index (χ0n) is 12.3. The number of rotatable bonds is 4. The lowest BCUT2D eigenvalue weighted by Gasteiger charge is -2.38. The Balaban J connectivity index is 1.38. The molecular formula is C15H15N5O2S. The predicted molar refractivity (Wildman–Crippen MR) is 84.1 cm³/mol. The molecule has 1 saturated carbocycles. The molecule has 1 N–H and O–H groups in total. The highest BCUT2D eigenvalue weighted by Crippen LogP contribution is 2.40. The molecular weight excluding hydrogens is 314 g/mol. The molecule has 0 bridgehead atoms. The summed E-state index contributed by atoms with van der Waals surface area (Å²) in [6.45, 7) is 0.851. The second-order valence-corrected chi connectivity index (χ2v) is 6.72. The van der Waals surface area contributed by atoms with E-state index in [0.717, 1.165) is 18.5 Å². The first kappa shape index (κ1) is 14.3. The van der Waals surface area contributed by atoms with Crippen LogP contribution in [0.2, 0.25) is 0 Å². The Hall–Kier alpha value is -2.35. The zero-order valence-corrected chi connectivity index (χ0v) is 13.1. The number of carbonyl (C=O) groups is 2. The summed E-state index contributed by atoms with van der Waals surface area (Å²) in [5.74, 6) is 0.0422. The van der Waals surface area contributed by atoms with Crippen LogP contribution in [-0.4, -0.2) is 44.8 Å². The monoisotopic (exact) mass is 329 g/mol. The number of nitrogens with one attached hydrogen (secondary N) is 1. The van der Waals surface area contributed by atoms with Crippen LogP contribution in [0.1, 0.15) is 34.8 Å². The van der Waals surface area contributed by atoms with Gasteiger partial charge < -0.3 is 10.2 Å². The fourth-order valence-corrected chi connectivity index (χ4v) is 3.19. The van der Waals surface area contributed by atoms with E-state index in [1.807, 2.05) is 0 Å². The van der Waals surface area contributed by atoms with Crippen molar-refractivity contribution in [2.24, 2.45) is 5.92 Å². The lowest BCUT2D eigenvalue weighted by atomic mass is 9.97. The van der Waals surface area contributed by atoms with Gasteiger partial charge in [0, 0.05) is 36.8 Å². The topological polar surface area (TPSA) is 88.1 Å². The van der Waals surface area contributed by atoms with Crippen molar-refractivity contribution in [3.05, 3.63) is 35.4 Å². The maximum atomic E-state index is 12.6. The fraction of sp³-hybridized carbons (Fsp3) is 0.400. The molecule has 2 amide bonds. The first-order valence-electron chi connectivity index (χ1n) is 7.52. The van der Waals surface area contributed by atoms with E-state index < -0.39 is 0 Å². The summed E-state index contributed by atoms with van der Waals surface area (Å²) in [5, 5.41) is 5.17. The summed E-state index contributed by atoms with van der Waals surface area (Å²) < 4.78 is 0. The van der Waals surface area contributed by atoms with E-state index in [0.29, 0.717) is 29.7 Å². The van der Waals surface area contributed by atoms with Crippen molar-refractivity contribution in [2.45, 2.75) is 18.8 Å². The average Bonchev–Trinajstić information content (AvgIpc) is 3.24. The third-order valence-electron chi connectivity index (χ3n) is 4.14. The second kappa shape index (κ2) is 5.69. The Kier molecular flexibility index (Phi) is 3.53. The first-order valence-corrected chi connectivity index (χ1v) is 8.40. The molecule has 118 valence electrons.